The molecule has 1 saturated heterocycles. The van der Waals surface area contributed by atoms with Crippen LogP contribution >= 0.6 is 45.1 Å². The number of nitrogens with two attached hydrogens (primary N) is 2. The minimum absolute atomic E-state index is 0.0370. The second-order valence-corrected chi connectivity index (χ2v) is 19.4. The van der Waals surface area contributed by atoms with Crippen LogP contribution in [0.1, 0.15) is 32.9 Å². The molecule has 1 aliphatic heterocycles. The van der Waals surface area contributed by atoms with Crippen LogP contribution in [0.5, 0.6) is 0 Å². The van der Waals surface area contributed by atoms with Gasteiger partial charge in [0.1, 0.15) is 18.3 Å². The van der Waals surface area contributed by atoms with Crippen LogP contribution in [0.3, 0.4) is 0 Å². The third kappa shape index (κ3) is 18.6. The van der Waals surface area contributed by atoms with Gasteiger partial charge in [0, 0.05) is 30.7 Å². The van der Waals surface area contributed by atoms with Crippen molar-refractivity contribution >= 4 is 68.1 Å². The number of carbonyl (C=O) groups is 1. The van der Waals surface area contributed by atoms with Gasteiger partial charge < -0.3 is 64.8 Å². The minimum atomic E-state index is -5.76. The van der Waals surface area contributed by atoms with Gasteiger partial charge in [-0.25, -0.2) is 18.7 Å². The second kappa shape index (κ2) is 23.3. The van der Waals surface area contributed by atoms with Crippen LogP contribution in [0, 0.1) is 0 Å². The number of anilines is 1. The van der Waals surface area contributed by atoms with E-state index in [-0.39, 0.29) is 48.4 Å². The zero-order valence-corrected chi connectivity index (χ0v) is 34.7. The summed E-state index contributed by atoms with van der Waals surface area (Å²) in [5.74, 6) is -0.361. The Morgan fingerprint density at radius 1 is 1.02 bits per heavy atom. The predicted octanol–water partition coefficient (Wildman–Crippen LogP) is 0.367. The molecule has 3 heterocycles. The standard InChI is InChI=1S/C26H48N7O18P3S2/c1-26(2,15-29-20(34)3-5-43-7-9-45-11-12-46-10-8-44-6-4-27)56-55-17-47-18-13-21(33-16-30-22-23(33)31-25(28)32-24(22)35)49-19(18)14-48-53(39,40)51-54(41,42)50-52(36,37)38/h16,18-19,21H,3-15,17,27H2,1-2H3,(H,29,34)(H,39,40)(H,41,42)(H2,36,37,38)(H3,28,31,32,35)/t18-,19-,21-/m1/s1. The van der Waals surface area contributed by atoms with E-state index in [1.165, 1.54) is 32.5 Å². The number of hydrogen-bond acceptors (Lipinski definition) is 20. The molecule has 0 aromatic carbocycles. The summed E-state index contributed by atoms with van der Waals surface area (Å²) in [5.41, 5.74) is 10.4. The number of phosphoric ester groups is 1. The normalized spacial score (nSPS) is 19.9. The quantitative estimate of drug-likeness (QED) is 0.0236. The Bertz CT molecular complexity index is 1740. The van der Waals surface area contributed by atoms with Gasteiger partial charge in [0.2, 0.25) is 11.9 Å². The van der Waals surface area contributed by atoms with Crippen LogP contribution in [0.2, 0.25) is 0 Å². The summed E-state index contributed by atoms with van der Waals surface area (Å²) in [7, 11) is -14.1. The van der Waals surface area contributed by atoms with E-state index in [0.717, 1.165) is 0 Å². The van der Waals surface area contributed by atoms with Crippen LogP contribution in [0.15, 0.2) is 11.1 Å². The number of nitrogens with one attached hydrogen (secondary N) is 2. The Labute approximate surface area is 328 Å². The van der Waals surface area contributed by atoms with Crippen LogP contribution in [-0.4, -0.2) is 140 Å². The highest BCUT2D eigenvalue weighted by molar-refractivity contribution is 8.77. The van der Waals surface area contributed by atoms with Crippen molar-refractivity contribution in [1.82, 2.24) is 24.8 Å². The number of phosphoric acid groups is 3. The lowest BCUT2D eigenvalue weighted by molar-refractivity contribution is -0.122. The van der Waals surface area contributed by atoms with E-state index in [0.29, 0.717) is 59.3 Å². The number of fused-ring (bicyclic) bond motifs is 1. The fraction of sp³-hybridized carbons (Fsp3) is 0.769. The molecule has 0 aliphatic carbocycles. The van der Waals surface area contributed by atoms with Crippen molar-refractivity contribution in [3.05, 3.63) is 16.7 Å². The van der Waals surface area contributed by atoms with Crippen molar-refractivity contribution < 1.29 is 79.6 Å². The average Bonchev–Trinajstić information content (AvgIpc) is 3.69. The molecule has 0 radical (unpaired) electrons. The minimum Gasteiger partial charge on any atom is -0.379 e. The van der Waals surface area contributed by atoms with Crippen LogP contribution in [0.4, 0.5) is 5.95 Å². The van der Waals surface area contributed by atoms with Crippen molar-refractivity contribution in [1.29, 1.82) is 0 Å². The van der Waals surface area contributed by atoms with Crippen LogP contribution in [-0.2, 0) is 60.1 Å². The summed E-state index contributed by atoms with van der Waals surface area (Å²) in [6, 6.07) is 0. The molecule has 2 aromatic rings. The monoisotopic (exact) mass is 903 g/mol. The van der Waals surface area contributed by atoms with Gasteiger partial charge in [-0.05, 0) is 13.8 Å². The van der Waals surface area contributed by atoms with E-state index in [2.05, 4.69) is 28.9 Å². The smallest absolute Gasteiger partial charge is 0.379 e. The maximum Gasteiger partial charge on any atom is 0.490 e. The summed E-state index contributed by atoms with van der Waals surface area (Å²) in [6.45, 7) is 6.92. The fourth-order valence-electron chi connectivity index (χ4n) is 4.56. The third-order valence-corrected chi connectivity index (χ3v) is 13.7. The number of nitrogens with zero attached hydrogens (tertiary/aromatic N) is 3. The summed E-state index contributed by atoms with van der Waals surface area (Å²) in [4.78, 5) is 72.1. The van der Waals surface area contributed by atoms with Gasteiger partial charge in [-0.3, -0.25) is 23.7 Å². The van der Waals surface area contributed by atoms with Crippen LogP contribution in [0.25, 0.3) is 11.2 Å². The molecule has 3 rings (SSSR count). The van der Waals surface area contributed by atoms with E-state index in [1.54, 1.807) is 0 Å². The van der Waals surface area contributed by atoms with Gasteiger partial charge >= 0.3 is 23.5 Å². The van der Waals surface area contributed by atoms with E-state index in [1.807, 2.05) is 13.8 Å². The highest BCUT2D eigenvalue weighted by Gasteiger charge is 2.44. The number of nitrogen functional groups attached to an aromatic ring is 1. The molecule has 2 unspecified atom stereocenters. The first kappa shape index (κ1) is 48.8. The number of imidazole rings is 1. The van der Waals surface area contributed by atoms with Crippen molar-refractivity contribution in [2.24, 2.45) is 5.73 Å². The Kier molecular flexibility index (Phi) is 20.3. The molecular formula is C26H48N7O18P3S2. The van der Waals surface area contributed by atoms with Gasteiger partial charge in [0.25, 0.3) is 5.56 Å². The Hall–Kier alpha value is -1.55. The first-order chi connectivity index (χ1) is 26.3. The number of rotatable bonds is 29. The zero-order chi connectivity index (χ0) is 41.4. The number of hydrogen-bond donors (Lipinski definition) is 8. The molecule has 5 atom stereocenters. The van der Waals surface area contributed by atoms with Crippen molar-refractivity contribution in [2.75, 3.05) is 84.2 Å². The SMILES string of the molecule is CC(C)(CNC(=O)CCOCCOCCOCCOCCN)SSCO[C@@H]1C[C@H](n2cnc3c(=O)[nH]c(N)nc32)O[C@@H]1COP(=O)(O)OP(=O)(O)OP(=O)(O)O. The second-order valence-electron chi connectivity index (χ2n) is 12.1. The van der Waals surface area contributed by atoms with Gasteiger partial charge in [-0.1, -0.05) is 21.6 Å². The molecule has 1 fully saturated rings. The van der Waals surface area contributed by atoms with Gasteiger partial charge in [-0.2, -0.15) is 13.6 Å². The van der Waals surface area contributed by atoms with Gasteiger partial charge in [0.15, 0.2) is 11.2 Å². The zero-order valence-electron chi connectivity index (χ0n) is 30.4. The highest BCUT2D eigenvalue weighted by atomic mass is 33.1. The molecule has 56 heavy (non-hydrogen) atoms. The predicted molar refractivity (Wildman–Crippen MR) is 200 cm³/mol. The topological polar surface area (TPSA) is 360 Å². The maximum atomic E-state index is 12.4. The lowest BCUT2D eigenvalue weighted by atomic mass is 10.2. The summed E-state index contributed by atoms with van der Waals surface area (Å²) in [6.07, 6.45) is -1.47. The number of amides is 1. The summed E-state index contributed by atoms with van der Waals surface area (Å²) >= 11 is 0. The fourth-order valence-corrected chi connectivity index (χ4v) is 9.76. The average molecular weight is 904 g/mol. The largest absolute Gasteiger partial charge is 0.490 e. The first-order valence-corrected chi connectivity index (χ1v) is 23.5. The van der Waals surface area contributed by atoms with E-state index in [4.69, 9.17) is 54.2 Å². The number of carbonyl (C=O) groups excluding carboxylic acids is 1. The number of aromatic nitrogens is 4. The molecule has 1 amide bonds. The van der Waals surface area contributed by atoms with E-state index < -0.39 is 58.8 Å². The van der Waals surface area contributed by atoms with E-state index >= 15 is 0 Å². The Balaban J connectivity index is 1.44. The Morgan fingerprint density at radius 2 is 1.64 bits per heavy atom. The molecule has 0 bridgehead atoms. The Morgan fingerprint density at radius 3 is 2.27 bits per heavy atom. The molecule has 1 aliphatic rings. The molecular weight excluding hydrogens is 855 g/mol. The molecule has 30 heteroatoms. The van der Waals surface area contributed by atoms with Gasteiger partial charge in [-0.15, -0.1) is 0 Å². The van der Waals surface area contributed by atoms with Crippen LogP contribution < -0.4 is 22.3 Å². The summed E-state index contributed by atoms with van der Waals surface area (Å²) < 4.78 is 81.8. The molecule has 0 saturated carbocycles. The maximum absolute atomic E-state index is 12.4. The number of ether oxygens (including phenoxy) is 6. The highest BCUT2D eigenvalue weighted by Crippen LogP contribution is 2.66. The first-order valence-electron chi connectivity index (χ1n) is 16.7. The summed E-state index contributed by atoms with van der Waals surface area (Å²) in [5, 5.41) is 2.86. The van der Waals surface area contributed by atoms with E-state index in [9.17, 15) is 33.1 Å². The molecule has 2 aromatic heterocycles. The van der Waals surface area contributed by atoms with Gasteiger partial charge in [0.05, 0.1) is 71.9 Å². The molecule has 25 nitrogen and oxygen atoms in total. The molecule has 10 N–H and O–H groups in total. The number of H-pyrrole nitrogens is 1. The molecule has 322 valence electrons. The number of aromatic amines is 1. The van der Waals surface area contributed by atoms with Crippen molar-refractivity contribution in [3.8, 4) is 0 Å². The third-order valence-electron chi connectivity index (χ3n) is 6.94. The molecule has 0 spiro atoms. The van der Waals surface area contributed by atoms with Crippen molar-refractivity contribution in [2.45, 2.75) is 49.9 Å². The van der Waals surface area contributed by atoms with Crippen molar-refractivity contribution in [3.63, 3.8) is 0 Å². The lowest BCUT2D eigenvalue weighted by Crippen LogP contribution is -2.36. The lowest BCUT2D eigenvalue weighted by Gasteiger charge is -2.24.